The lowest BCUT2D eigenvalue weighted by atomic mass is 10.2. The van der Waals surface area contributed by atoms with Crippen LogP contribution in [0.4, 0.5) is 10.7 Å². The largest absolute Gasteiger partial charge is 0.324 e. The summed E-state index contributed by atoms with van der Waals surface area (Å²) < 4.78 is 0. The summed E-state index contributed by atoms with van der Waals surface area (Å²) in [4.78, 5) is 22.3. The number of amides is 1. The average Bonchev–Trinajstić information content (AvgIpc) is 2.89. The third-order valence-corrected chi connectivity index (χ3v) is 4.02. The van der Waals surface area contributed by atoms with E-state index in [-0.39, 0.29) is 10.9 Å². The van der Waals surface area contributed by atoms with Gasteiger partial charge in [-0.2, -0.15) is 0 Å². The van der Waals surface area contributed by atoms with E-state index in [0.717, 1.165) is 16.9 Å². The van der Waals surface area contributed by atoms with Crippen LogP contribution in [0, 0.1) is 10.1 Å². The fraction of sp³-hybridized carbons (Fsp3) is 0.0833. The molecule has 1 amide bonds. The Morgan fingerprint density at radius 2 is 2.16 bits per heavy atom. The van der Waals surface area contributed by atoms with Crippen molar-refractivity contribution in [3.8, 4) is 0 Å². The summed E-state index contributed by atoms with van der Waals surface area (Å²) in [5.41, 5.74) is 1.70. The molecular weight excluding hydrogens is 332 g/mol. The first-order valence-corrected chi connectivity index (χ1v) is 7.24. The summed E-state index contributed by atoms with van der Waals surface area (Å²) in [6.07, 6.45) is 0. The molecule has 0 aliphatic carbocycles. The first-order valence-electron chi connectivity index (χ1n) is 5.30. The van der Waals surface area contributed by atoms with Crippen LogP contribution in [0.25, 0.3) is 0 Å². The first-order chi connectivity index (χ1) is 9.10. The van der Waals surface area contributed by atoms with Crippen molar-refractivity contribution in [3.63, 3.8) is 0 Å². The number of halogens is 1. The molecule has 98 valence electrons. The molecule has 7 heteroatoms. The Kier molecular flexibility index (Phi) is 4.28. The normalized spacial score (nSPS) is 10.2. The molecule has 5 nitrogen and oxygen atoms in total. The number of thiophene rings is 1. The molecule has 0 unspecified atom stereocenters. The van der Waals surface area contributed by atoms with Gasteiger partial charge in [-0.1, -0.05) is 39.4 Å². The maximum absolute atomic E-state index is 11.9. The number of nitrogens with one attached hydrogen (secondary N) is 1. The van der Waals surface area contributed by atoms with Crippen LogP contribution in [0.3, 0.4) is 0 Å². The van der Waals surface area contributed by atoms with E-state index < -0.39 is 4.92 Å². The molecule has 0 radical (unpaired) electrons. The zero-order valence-electron chi connectivity index (χ0n) is 9.63. The molecule has 0 spiro atoms. The van der Waals surface area contributed by atoms with Crippen LogP contribution in [-0.2, 0) is 5.33 Å². The van der Waals surface area contributed by atoms with Gasteiger partial charge in [-0.15, -0.1) is 0 Å². The van der Waals surface area contributed by atoms with Gasteiger partial charge >= 0.3 is 5.00 Å². The fourth-order valence-electron chi connectivity index (χ4n) is 1.47. The summed E-state index contributed by atoms with van der Waals surface area (Å²) in [6, 6.07) is 10.2. The molecule has 0 fully saturated rings. The number of alkyl halides is 1. The molecule has 0 bridgehead atoms. The van der Waals surface area contributed by atoms with E-state index in [1.807, 2.05) is 18.2 Å². The number of nitro groups is 1. The highest BCUT2D eigenvalue weighted by atomic mass is 79.9. The van der Waals surface area contributed by atoms with Gasteiger partial charge < -0.3 is 5.32 Å². The SMILES string of the molecule is O=C(Nc1cccc(CBr)c1)c1ccc([N+](=O)[O-])s1. The molecule has 0 saturated carbocycles. The molecule has 19 heavy (non-hydrogen) atoms. The van der Waals surface area contributed by atoms with E-state index in [2.05, 4.69) is 21.2 Å². The van der Waals surface area contributed by atoms with Crippen molar-refractivity contribution in [2.24, 2.45) is 0 Å². The zero-order valence-corrected chi connectivity index (χ0v) is 12.0. The highest BCUT2D eigenvalue weighted by Gasteiger charge is 2.15. The first kappa shape index (κ1) is 13.7. The van der Waals surface area contributed by atoms with Crippen LogP contribution in [0.5, 0.6) is 0 Å². The van der Waals surface area contributed by atoms with Crippen LogP contribution in [0.2, 0.25) is 0 Å². The Balaban J connectivity index is 2.13. The number of carbonyl (C=O) groups excluding carboxylic acids is 1. The number of anilines is 1. The Morgan fingerprint density at radius 3 is 2.79 bits per heavy atom. The quantitative estimate of drug-likeness (QED) is 0.522. The minimum absolute atomic E-state index is 0.0423. The highest BCUT2D eigenvalue weighted by Crippen LogP contribution is 2.25. The third-order valence-electron chi connectivity index (χ3n) is 2.33. The molecule has 1 N–H and O–H groups in total. The lowest BCUT2D eigenvalue weighted by Gasteiger charge is -2.04. The Bertz CT molecular complexity index is 627. The predicted octanol–water partition coefficient (Wildman–Crippen LogP) is 3.80. The predicted molar refractivity (Wildman–Crippen MR) is 78.0 cm³/mol. The van der Waals surface area contributed by atoms with Crippen molar-refractivity contribution in [1.82, 2.24) is 0 Å². The number of benzene rings is 1. The molecule has 2 rings (SSSR count). The second-order valence-corrected chi connectivity index (χ2v) is 5.31. The van der Waals surface area contributed by atoms with E-state index in [4.69, 9.17) is 0 Å². The molecular formula is C12H9BrN2O3S. The van der Waals surface area contributed by atoms with Crippen LogP contribution >= 0.6 is 27.3 Å². The Morgan fingerprint density at radius 1 is 1.37 bits per heavy atom. The molecule has 0 saturated heterocycles. The van der Waals surface area contributed by atoms with Crippen LogP contribution in [0.1, 0.15) is 15.2 Å². The van der Waals surface area contributed by atoms with Crippen LogP contribution < -0.4 is 5.32 Å². The lowest BCUT2D eigenvalue weighted by Crippen LogP contribution is -2.10. The Labute approximate surface area is 121 Å². The van der Waals surface area contributed by atoms with Gasteiger partial charge in [0.2, 0.25) is 0 Å². The van der Waals surface area contributed by atoms with E-state index in [1.165, 1.54) is 12.1 Å². The van der Waals surface area contributed by atoms with Crippen molar-refractivity contribution in [1.29, 1.82) is 0 Å². The van der Waals surface area contributed by atoms with Crippen molar-refractivity contribution in [2.45, 2.75) is 5.33 Å². The summed E-state index contributed by atoms with van der Waals surface area (Å²) in [5.74, 6) is -0.343. The van der Waals surface area contributed by atoms with E-state index >= 15 is 0 Å². The van der Waals surface area contributed by atoms with Crippen molar-refractivity contribution in [2.75, 3.05) is 5.32 Å². The summed E-state index contributed by atoms with van der Waals surface area (Å²) >= 11 is 4.19. The number of carbonyl (C=O) groups is 1. The number of nitrogens with zero attached hydrogens (tertiary/aromatic N) is 1. The van der Waals surface area contributed by atoms with Gasteiger partial charge in [-0.25, -0.2) is 0 Å². The average molecular weight is 341 g/mol. The van der Waals surface area contributed by atoms with Crippen molar-refractivity contribution < 1.29 is 9.72 Å². The molecule has 0 aliphatic heterocycles. The highest BCUT2D eigenvalue weighted by molar-refractivity contribution is 9.08. The minimum atomic E-state index is -0.507. The van der Waals surface area contributed by atoms with Crippen LogP contribution in [-0.4, -0.2) is 10.8 Å². The van der Waals surface area contributed by atoms with Crippen LogP contribution in [0.15, 0.2) is 36.4 Å². The maximum Gasteiger partial charge on any atom is 0.324 e. The molecule has 1 aromatic heterocycles. The Hall–Kier alpha value is -1.73. The number of rotatable bonds is 4. The molecule has 0 atom stereocenters. The molecule has 2 aromatic rings. The van der Waals surface area contributed by atoms with Gasteiger partial charge in [0.05, 0.1) is 9.80 Å². The molecule has 1 aromatic carbocycles. The molecule has 1 heterocycles. The summed E-state index contributed by atoms with van der Waals surface area (Å²) in [5, 5.41) is 13.9. The van der Waals surface area contributed by atoms with Crippen molar-refractivity contribution >= 4 is 43.9 Å². The van der Waals surface area contributed by atoms with Gasteiger partial charge in [-0.3, -0.25) is 14.9 Å². The van der Waals surface area contributed by atoms with Gasteiger partial charge in [0, 0.05) is 17.1 Å². The standard InChI is InChI=1S/C12H9BrN2O3S/c13-7-8-2-1-3-9(6-8)14-12(16)10-4-5-11(19-10)15(17)18/h1-6H,7H2,(H,14,16). The second-order valence-electron chi connectivity index (χ2n) is 3.68. The summed E-state index contributed by atoms with van der Waals surface area (Å²) in [6.45, 7) is 0. The number of hydrogen-bond donors (Lipinski definition) is 1. The smallest absolute Gasteiger partial charge is 0.321 e. The second kappa shape index (κ2) is 5.94. The monoisotopic (exact) mass is 340 g/mol. The molecule has 0 aliphatic rings. The fourth-order valence-corrected chi connectivity index (χ4v) is 2.54. The van der Waals surface area contributed by atoms with Gasteiger partial charge in [0.25, 0.3) is 5.91 Å². The van der Waals surface area contributed by atoms with Gasteiger partial charge in [-0.05, 0) is 23.8 Å². The topological polar surface area (TPSA) is 72.2 Å². The summed E-state index contributed by atoms with van der Waals surface area (Å²) in [7, 11) is 0. The van der Waals surface area contributed by atoms with E-state index in [9.17, 15) is 14.9 Å². The zero-order chi connectivity index (χ0) is 13.8. The lowest BCUT2D eigenvalue weighted by molar-refractivity contribution is -0.380. The van der Waals surface area contributed by atoms with Gasteiger partial charge in [0.15, 0.2) is 0 Å². The maximum atomic E-state index is 11.9. The van der Waals surface area contributed by atoms with E-state index in [0.29, 0.717) is 15.9 Å². The third kappa shape index (κ3) is 3.39. The minimum Gasteiger partial charge on any atom is -0.321 e. The van der Waals surface area contributed by atoms with E-state index in [1.54, 1.807) is 6.07 Å². The van der Waals surface area contributed by atoms with Gasteiger partial charge in [0.1, 0.15) is 0 Å². The van der Waals surface area contributed by atoms with Crippen molar-refractivity contribution in [3.05, 3.63) is 57.0 Å². The number of hydrogen-bond acceptors (Lipinski definition) is 4.